The number of halogens is 2. The van der Waals surface area contributed by atoms with Crippen LogP contribution in [-0.4, -0.2) is 12.1 Å². The van der Waals surface area contributed by atoms with Crippen LogP contribution in [0, 0.1) is 3.57 Å². The molecule has 0 atom stereocenters. The quantitative estimate of drug-likeness (QED) is 0.489. The highest BCUT2D eigenvalue weighted by Gasteiger charge is 2.03. The maximum Gasteiger partial charge on any atom is 0.271 e. The lowest BCUT2D eigenvalue weighted by molar-refractivity contribution is 0.0955. The van der Waals surface area contributed by atoms with Gasteiger partial charge in [0.05, 0.1) is 6.21 Å². The largest absolute Gasteiger partial charge is 0.271 e. The Morgan fingerprint density at radius 3 is 2.53 bits per heavy atom. The van der Waals surface area contributed by atoms with Crippen LogP contribution >= 0.6 is 34.2 Å². The molecule has 2 aromatic carbocycles. The maximum atomic E-state index is 11.8. The minimum Gasteiger partial charge on any atom is -0.267 e. The highest BCUT2D eigenvalue weighted by molar-refractivity contribution is 14.1. The number of rotatable bonds is 3. The van der Waals surface area contributed by atoms with Gasteiger partial charge in [0.25, 0.3) is 5.91 Å². The Bertz CT molecular complexity index is 611. The van der Waals surface area contributed by atoms with Crippen LogP contribution in [0.5, 0.6) is 0 Å². The van der Waals surface area contributed by atoms with Crippen molar-refractivity contribution < 1.29 is 4.79 Å². The molecule has 0 aliphatic rings. The van der Waals surface area contributed by atoms with Crippen molar-refractivity contribution in [3.8, 4) is 0 Å². The third-order valence-electron chi connectivity index (χ3n) is 2.38. The van der Waals surface area contributed by atoms with E-state index in [2.05, 4.69) is 33.1 Å². The lowest BCUT2D eigenvalue weighted by Gasteiger charge is -2.00. The topological polar surface area (TPSA) is 41.5 Å². The van der Waals surface area contributed by atoms with Crippen molar-refractivity contribution in [3.63, 3.8) is 0 Å². The third-order valence-corrected chi connectivity index (χ3v) is 3.62. The summed E-state index contributed by atoms with van der Waals surface area (Å²) in [6, 6.07) is 14.4. The van der Waals surface area contributed by atoms with Crippen LogP contribution in [0.3, 0.4) is 0 Å². The number of nitrogens with zero attached hydrogens (tertiary/aromatic N) is 1. The van der Waals surface area contributed by atoms with E-state index < -0.39 is 0 Å². The van der Waals surface area contributed by atoms with Gasteiger partial charge in [0, 0.05) is 19.7 Å². The van der Waals surface area contributed by atoms with E-state index in [4.69, 9.17) is 11.6 Å². The minimum atomic E-state index is -0.265. The molecule has 0 aromatic heterocycles. The molecule has 0 unspecified atom stereocenters. The number of carbonyl (C=O) groups is 1. The summed E-state index contributed by atoms with van der Waals surface area (Å²) in [5, 5.41) is 4.54. The predicted octanol–water partition coefficient (Wildman–Crippen LogP) is 3.71. The highest BCUT2D eigenvalue weighted by atomic mass is 127. The molecule has 0 spiro atoms. The summed E-state index contributed by atoms with van der Waals surface area (Å²) >= 11 is 7.97. The molecule has 0 fully saturated rings. The van der Waals surface area contributed by atoms with Gasteiger partial charge in [0.15, 0.2) is 0 Å². The summed E-state index contributed by atoms with van der Waals surface area (Å²) in [5.74, 6) is -0.265. The van der Waals surface area contributed by atoms with Gasteiger partial charge in [-0.15, -0.1) is 0 Å². The number of hydrogen-bond donors (Lipinski definition) is 1. The minimum absolute atomic E-state index is 0.265. The summed E-state index contributed by atoms with van der Waals surface area (Å²) in [4.78, 5) is 11.8. The molecule has 0 aliphatic carbocycles. The molecule has 0 heterocycles. The molecule has 0 radical (unpaired) electrons. The van der Waals surface area contributed by atoms with Crippen LogP contribution in [0.4, 0.5) is 0 Å². The number of hydrogen-bond acceptors (Lipinski definition) is 2. The Morgan fingerprint density at radius 1 is 1.16 bits per heavy atom. The van der Waals surface area contributed by atoms with Gasteiger partial charge in [-0.2, -0.15) is 5.10 Å². The molecule has 1 amide bonds. The Balaban J connectivity index is 2.01. The fraction of sp³-hybridized carbons (Fsp3) is 0. The summed E-state index contributed by atoms with van der Waals surface area (Å²) in [5.41, 5.74) is 3.95. The molecule has 96 valence electrons. The van der Waals surface area contributed by atoms with Crippen molar-refractivity contribution in [2.45, 2.75) is 0 Å². The molecule has 0 saturated carbocycles. The van der Waals surface area contributed by atoms with Crippen LogP contribution < -0.4 is 5.43 Å². The van der Waals surface area contributed by atoms with E-state index in [9.17, 15) is 4.79 Å². The first kappa shape index (κ1) is 14.0. The first-order valence-corrected chi connectivity index (χ1v) is 6.96. The van der Waals surface area contributed by atoms with E-state index >= 15 is 0 Å². The predicted molar refractivity (Wildman–Crippen MR) is 85.7 cm³/mol. The first-order chi connectivity index (χ1) is 9.16. The van der Waals surface area contributed by atoms with Crippen molar-refractivity contribution in [2.24, 2.45) is 5.10 Å². The van der Waals surface area contributed by atoms with Gasteiger partial charge in [0.2, 0.25) is 0 Å². The molecule has 0 saturated heterocycles. The Labute approximate surface area is 129 Å². The van der Waals surface area contributed by atoms with Crippen LogP contribution in [0.2, 0.25) is 5.02 Å². The SMILES string of the molecule is O=C(NN=Cc1ccccc1I)c1ccc(Cl)cc1. The number of hydrazone groups is 1. The lowest BCUT2D eigenvalue weighted by atomic mass is 10.2. The smallest absolute Gasteiger partial charge is 0.267 e. The third kappa shape index (κ3) is 4.04. The number of amides is 1. The fourth-order valence-electron chi connectivity index (χ4n) is 1.41. The standard InChI is InChI=1S/C14H10ClIN2O/c15-12-7-5-10(6-8-12)14(19)18-17-9-11-3-1-2-4-13(11)16/h1-9H,(H,18,19). The van der Waals surface area contributed by atoms with Crippen molar-refractivity contribution in [2.75, 3.05) is 0 Å². The van der Waals surface area contributed by atoms with E-state index in [-0.39, 0.29) is 5.91 Å². The number of benzene rings is 2. The lowest BCUT2D eigenvalue weighted by Crippen LogP contribution is -2.17. The van der Waals surface area contributed by atoms with Crippen molar-refractivity contribution in [1.82, 2.24) is 5.43 Å². The highest BCUT2D eigenvalue weighted by Crippen LogP contribution is 2.10. The molecular weight excluding hydrogens is 375 g/mol. The number of nitrogens with one attached hydrogen (secondary N) is 1. The van der Waals surface area contributed by atoms with Gasteiger partial charge < -0.3 is 0 Å². The molecule has 19 heavy (non-hydrogen) atoms. The summed E-state index contributed by atoms with van der Waals surface area (Å²) in [6.45, 7) is 0. The average Bonchev–Trinajstić information content (AvgIpc) is 2.41. The van der Waals surface area contributed by atoms with Gasteiger partial charge in [-0.1, -0.05) is 29.8 Å². The van der Waals surface area contributed by atoms with Gasteiger partial charge >= 0.3 is 0 Å². The number of carbonyl (C=O) groups excluding carboxylic acids is 1. The summed E-state index contributed by atoms with van der Waals surface area (Å²) in [7, 11) is 0. The van der Waals surface area contributed by atoms with Crippen molar-refractivity contribution in [1.29, 1.82) is 0 Å². The molecule has 3 nitrogen and oxygen atoms in total. The van der Waals surface area contributed by atoms with Crippen LogP contribution in [0.1, 0.15) is 15.9 Å². The van der Waals surface area contributed by atoms with E-state index in [0.717, 1.165) is 9.13 Å². The molecule has 1 N–H and O–H groups in total. The van der Waals surface area contributed by atoms with Crippen LogP contribution in [0.15, 0.2) is 53.6 Å². The second-order valence-corrected chi connectivity index (χ2v) is 5.33. The first-order valence-electron chi connectivity index (χ1n) is 5.50. The molecule has 5 heteroatoms. The van der Waals surface area contributed by atoms with Crippen molar-refractivity contribution >= 4 is 46.3 Å². The van der Waals surface area contributed by atoms with Gasteiger partial charge in [0.1, 0.15) is 0 Å². The molecule has 2 rings (SSSR count). The zero-order valence-electron chi connectivity index (χ0n) is 9.81. The van der Waals surface area contributed by atoms with E-state index in [0.29, 0.717) is 10.6 Å². The monoisotopic (exact) mass is 384 g/mol. The summed E-state index contributed by atoms with van der Waals surface area (Å²) in [6.07, 6.45) is 1.62. The van der Waals surface area contributed by atoms with E-state index in [1.807, 2.05) is 24.3 Å². The van der Waals surface area contributed by atoms with Crippen LogP contribution in [0.25, 0.3) is 0 Å². The molecule has 0 aliphatic heterocycles. The Kier molecular flexibility index (Phi) is 4.93. The Morgan fingerprint density at radius 2 is 1.84 bits per heavy atom. The van der Waals surface area contributed by atoms with E-state index in [1.165, 1.54) is 0 Å². The summed E-state index contributed by atoms with van der Waals surface area (Å²) < 4.78 is 1.07. The molecule has 0 bridgehead atoms. The van der Waals surface area contributed by atoms with Gasteiger partial charge in [-0.05, 0) is 52.9 Å². The van der Waals surface area contributed by atoms with Gasteiger partial charge in [-0.25, -0.2) is 5.43 Å². The molecule has 2 aromatic rings. The normalized spacial score (nSPS) is 10.6. The van der Waals surface area contributed by atoms with Crippen molar-refractivity contribution in [3.05, 3.63) is 68.3 Å². The van der Waals surface area contributed by atoms with Gasteiger partial charge in [-0.3, -0.25) is 4.79 Å². The zero-order valence-corrected chi connectivity index (χ0v) is 12.7. The molecular formula is C14H10ClIN2O. The average molecular weight is 385 g/mol. The maximum absolute atomic E-state index is 11.8. The second kappa shape index (κ2) is 6.68. The van der Waals surface area contributed by atoms with Crippen LogP contribution in [-0.2, 0) is 0 Å². The second-order valence-electron chi connectivity index (χ2n) is 3.73. The van der Waals surface area contributed by atoms with E-state index in [1.54, 1.807) is 30.5 Å². The Hall–Kier alpha value is -1.40. The fourth-order valence-corrected chi connectivity index (χ4v) is 2.06. The zero-order chi connectivity index (χ0) is 13.7.